The summed E-state index contributed by atoms with van der Waals surface area (Å²) in [7, 11) is 0. The topological polar surface area (TPSA) is 104 Å². The first-order chi connectivity index (χ1) is 17.9. The Bertz CT molecular complexity index is 1440. The summed E-state index contributed by atoms with van der Waals surface area (Å²) in [4.78, 5) is 25.1. The molecule has 1 N–H and O–H groups in total. The zero-order chi connectivity index (χ0) is 25.9. The molecule has 0 radical (unpaired) electrons. The fraction of sp³-hybridized carbons (Fsp3) is 0.207. The van der Waals surface area contributed by atoms with Gasteiger partial charge in [-0.25, -0.2) is 4.39 Å². The van der Waals surface area contributed by atoms with Gasteiger partial charge >= 0.3 is 0 Å². The lowest BCUT2D eigenvalue weighted by Crippen LogP contribution is -2.29. The number of aryl methyl sites for hydroxylation is 1. The second kappa shape index (κ2) is 10.2. The van der Waals surface area contributed by atoms with Gasteiger partial charge in [0, 0.05) is 18.0 Å². The smallest absolute Gasteiger partial charge is 0.291 e. The minimum atomic E-state index is -1.70. The molecular formula is C29H23FN4O3. The Labute approximate surface area is 213 Å². The Kier molecular flexibility index (Phi) is 6.71. The quantitative estimate of drug-likeness (QED) is 0.354. The summed E-state index contributed by atoms with van der Waals surface area (Å²) in [6.45, 7) is 2.05. The van der Waals surface area contributed by atoms with E-state index < -0.39 is 29.8 Å². The molecule has 0 bridgehead atoms. The highest BCUT2D eigenvalue weighted by Gasteiger charge is 2.40. The van der Waals surface area contributed by atoms with Crippen LogP contribution in [0.4, 0.5) is 10.1 Å². The summed E-state index contributed by atoms with van der Waals surface area (Å²) in [5.41, 5.74) is 5.85. The Morgan fingerprint density at radius 3 is 2.59 bits per heavy atom. The SMILES string of the molecule is Cc1ccc2c(c1)C=C1CC(N=NC(=O)C(C#N)C(=O)Nc3ccc(F)cc3)OC(c3ccccc3)C12. The normalized spacial score (nSPS) is 20.9. The molecule has 2 aliphatic rings. The van der Waals surface area contributed by atoms with E-state index in [0.29, 0.717) is 6.42 Å². The molecule has 3 aromatic rings. The van der Waals surface area contributed by atoms with Gasteiger partial charge in [0.05, 0.1) is 12.2 Å². The van der Waals surface area contributed by atoms with Crippen LogP contribution in [0.3, 0.4) is 0 Å². The van der Waals surface area contributed by atoms with E-state index in [9.17, 15) is 19.2 Å². The average Bonchev–Trinajstić information content (AvgIpc) is 3.26. The van der Waals surface area contributed by atoms with E-state index in [1.807, 2.05) is 37.3 Å². The van der Waals surface area contributed by atoms with Crippen LogP contribution in [-0.4, -0.2) is 18.0 Å². The highest BCUT2D eigenvalue weighted by atomic mass is 19.1. The van der Waals surface area contributed by atoms with Gasteiger partial charge in [-0.2, -0.15) is 10.4 Å². The largest absolute Gasteiger partial charge is 0.345 e. The third-order valence-electron chi connectivity index (χ3n) is 6.50. The van der Waals surface area contributed by atoms with Crippen LogP contribution in [0.5, 0.6) is 0 Å². The van der Waals surface area contributed by atoms with Gasteiger partial charge in [0.15, 0.2) is 6.23 Å². The molecule has 7 nitrogen and oxygen atoms in total. The van der Waals surface area contributed by atoms with E-state index in [4.69, 9.17) is 4.74 Å². The number of azo groups is 1. The minimum Gasteiger partial charge on any atom is -0.345 e. The molecule has 0 aromatic heterocycles. The maximum Gasteiger partial charge on any atom is 0.291 e. The van der Waals surface area contributed by atoms with Gasteiger partial charge in [-0.15, -0.1) is 5.11 Å². The van der Waals surface area contributed by atoms with Crippen molar-refractivity contribution in [2.45, 2.75) is 31.6 Å². The predicted molar refractivity (Wildman–Crippen MR) is 135 cm³/mol. The van der Waals surface area contributed by atoms with E-state index in [2.05, 4.69) is 39.8 Å². The fourth-order valence-corrected chi connectivity index (χ4v) is 4.77. The number of nitrogens with zero attached hydrogens (tertiary/aromatic N) is 3. The Hall–Kier alpha value is -4.48. The predicted octanol–water partition coefficient (Wildman–Crippen LogP) is 5.86. The molecule has 5 rings (SSSR count). The molecule has 184 valence electrons. The van der Waals surface area contributed by atoms with E-state index in [1.54, 1.807) is 6.07 Å². The number of hydrogen-bond acceptors (Lipinski definition) is 5. The van der Waals surface area contributed by atoms with E-state index in [-0.39, 0.29) is 17.7 Å². The van der Waals surface area contributed by atoms with Crippen LogP contribution in [0.25, 0.3) is 6.08 Å². The van der Waals surface area contributed by atoms with Crippen molar-refractivity contribution in [2.24, 2.45) is 16.1 Å². The second-order valence-corrected chi connectivity index (χ2v) is 9.07. The number of nitriles is 1. The number of carbonyl (C=O) groups is 2. The molecule has 8 heteroatoms. The van der Waals surface area contributed by atoms with Gasteiger partial charge in [-0.1, -0.05) is 65.7 Å². The van der Waals surface area contributed by atoms with Crippen molar-refractivity contribution < 1.29 is 18.7 Å². The number of carbonyl (C=O) groups excluding carboxylic acids is 2. The zero-order valence-corrected chi connectivity index (χ0v) is 20.0. The summed E-state index contributed by atoms with van der Waals surface area (Å²) >= 11 is 0. The van der Waals surface area contributed by atoms with Crippen LogP contribution in [0.1, 0.15) is 40.7 Å². The summed E-state index contributed by atoms with van der Waals surface area (Å²) in [6.07, 6.45) is 1.48. The van der Waals surface area contributed by atoms with Gasteiger partial charge in [-0.3, -0.25) is 9.59 Å². The number of hydrogen-bond donors (Lipinski definition) is 1. The molecule has 4 atom stereocenters. The molecule has 1 aliphatic carbocycles. The maximum atomic E-state index is 13.1. The molecule has 2 amide bonds. The van der Waals surface area contributed by atoms with Crippen LogP contribution < -0.4 is 5.32 Å². The summed E-state index contributed by atoms with van der Waals surface area (Å²) in [5.74, 6) is -4.02. The monoisotopic (exact) mass is 494 g/mol. The Morgan fingerprint density at radius 2 is 1.86 bits per heavy atom. The van der Waals surface area contributed by atoms with Crippen LogP contribution >= 0.6 is 0 Å². The molecule has 37 heavy (non-hydrogen) atoms. The molecule has 0 saturated carbocycles. The van der Waals surface area contributed by atoms with Crippen molar-refractivity contribution in [3.63, 3.8) is 0 Å². The fourth-order valence-electron chi connectivity index (χ4n) is 4.77. The highest BCUT2D eigenvalue weighted by Crippen LogP contribution is 2.51. The minimum absolute atomic E-state index is 0.0218. The van der Waals surface area contributed by atoms with Crippen molar-refractivity contribution in [2.75, 3.05) is 5.32 Å². The number of fused-ring (bicyclic) bond motifs is 3. The van der Waals surface area contributed by atoms with Crippen molar-refractivity contribution in [1.29, 1.82) is 5.26 Å². The van der Waals surface area contributed by atoms with Crippen LogP contribution in [0.15, 0.2) is 88.6 Å². The molecule has 1 saturated heterocycles. The molecule has 0 spiro atoms. The third-order valence-corrected chi connectivity index (χ3v) is 6.50. The molecule has 1 aliphatic heterocycles. The number of amides is 2. The number of halogens is 1. The number of benzene rings is 3. The summed E-state index contributed by atoms with van der Waals surface area (Å²) < 4.78 is 19.4. The molecule has 1 heterocycles. The van der Waals surface area contributed by atoms with Crippen molar-refractivity contribution in [3.8, 4) is 6.07 Å². The highest BCUT2D eigenvalue weighted by molar-refractivity contribution is 6.08. The van der Waals surface area contributed by atoms with Gasteiger partial charge in [0.2, 0.25) is 5.92 Å². The molecule has 4 unspecified atom stereocenters. The summed E-state index contributed by atoms with van der Waals surface area (Å²) in [5, 5.41) is 19.6. The number of ether oxygens (including phenoxy) is 1. The first kappa shape index (κ1) is 24.2. The van der Waals surface area contributed by atoms with Crippen molar-refractivity contribution in [3.05, 3.63) is 106 Å². The van der Waals surface area contributed by atoms with E-state index in [0.717, 1.165) is 34.4 Å². The Morgan fingerprint density at radius 1 is 1.11 bits per heavy atom. The van der Waals surface area contributed by atoms with Gasteiger partial charge in [-0.05, 0) is 47.9 Å². The van der Waals surface area contributed by atoms with Crippen LogP contribution in [0, 0.1) is 30.0 Å². The van der Waals surface area contributed by atoms with Crippen molar-refractivity contribution >= 4 is 23.6 Å². The van der Waals surface area contributed by atoms with Gasteiger partial charge < -0.3 is 10.1 Å². The first-order valence-corrected chi connectivity index (χ1v) is 11.8. The molecular weight excluding hydrogens is 471 g/mol. The lowest BCUT2D eigenvalue weighted by Gasteiger charge is -2.35. The average molecular weight is 495 g/mol. The lowest BCUT2D eigenvalue weighted by atomic mass is 9.83. The number of anilines is 1. The summed E-state index contributed by atoms with van der Waals surface area (Å²) in [6, 6.07) is 22.8. The number of nitrogens with one attached hydrogen (secondary N) is 1. The zero-order valence-electron chi connectivity index (χ0n) is 20.0. The van der Waals surface area contributed by atoms with Crippen LogP contribution in [-0.2, 0) is 14.3 Å². The number of rotatable bonds is 5. The Balaban J connectivity index is 1.35. The first-order valence-electron chi connectivity index (χ1n) is 11.8. The molecule has 3 aromatic carbocycles. The van der Waals surface area contributed by atoms with Crippen LogP contribution in [0.2, 0.25) is 0 Å². The third kappa shape index (κ3) is 5.08. The lowest BCUT2D eigenvalue weighted by molar-refractivity contribution is -0.128. The van der Waals surface area contributed by atoms with Gasteiger partial charge in [0.1, 0.15) is 5.82 Å². The second-order valence-electron chi connectivity index (χ2n) is 9.07. The standard InChI is InChI=1S/C29H23FN4O3/c1-17-7-12-23-19(13-17)14-20-15-25(37-27(26(20)23)18-5-3-2-4-6-18)33-34-29(36)24(16-31)28(35)32-22-10-8-21(30)9-11-22/h2-14,24-27H,15H2,1H3,(H,32,35). The van der Waals surface area contributed by atoms with E-state index >= 15 is 0 Å². The van der Waals surface area contributed by atoms with Crippen molar-refractivity contribution in [1.82, 2.24) is 0 Å². The van der Waals surface area contributed by atoms with Gasteiger partial charge in [0.25, 0.3) is 11.8 Å². The maximum absolute atomic E-state index is 13.1. The molecule has 1 fully saturated rings. The van der Waals surface area contributed by atoms with E-state index in [1.165, 1.54) is 17.7 Å².